The Morgan fingerprint density at radius 1 is 1.11 bits per heavy atom. The average molecular weight is 304 g/mol. The van der Waals surface area contributed by atoms with Gasteiger partial charge in [-0.15, -0.1) is 0 Å². The molecular weight excluding hydrogens is 295 g/mol. The van der Waals surface area contributed by atoms with E-state index >= 15 is 0 Å². The first-order chi connectivity index (χ1) is 8.58. The molecule has 3 nitrogen and oxygen atoms in total. The number of benzene rings is 1. The predicted octanol–water partition coefficient (Wildman–Crippen LogP) is 4.79. The molecule has 1 aromatic heterocycles. The van der Waals surface area contributed by atoms with E-state index in [-0.39, 0.29) is 0 Å². The fourth-order valence-electron chi connectivity index (χ4n) is 1.32. The maximum atomic E-state index is 6.01. The summed E-state index contributed by atoms with van der Waals surface area (Å²) in [4.78, 5) is 8.25. The van der Waals surface area contributed by atoms with Crippen molar-refractivity contribution in [3.8, 4) is 11.6 Å². The van der Waals surface area contributed by atoms with Crippen molar-refractivity contribution >= 4 is 34.8 Å². The second kappa shape index (κ2) is 5.74. The molecule has 0 atom stereocenters. The highest BCUT2D eigenvalue weighted by Crippen LogP contribution is 2.31. The molecule has 0 amide bonds. The SMILES string of the molecule is CCc1nc(Cl)cc(Oc2ccc(Cl)cc2Cl)n1. The molecule has 94 valence electrons. The van der Waals surface area contributed by atoms with Crippen molar-refractivity contribution in [3.63, 3.8) is 0 Å². The number of aryl methyl sites for hydroxylation is 1. The molecule has 0 spiro atoms. The molecule has 2 aromatic rings. The van der Waals surface area contributed by atoms with Gasteiger partial charge in [-0.3, -0.25) is 0 Å². The van der Waals surface area contributed by atoms with Crippen LogP contribution < -0.4 is 4.74 Å². The quantitative estimate of drug-likeness (QED) is 0.765. The second-order valence-electron chi connectivity index (χ2n) is 3.48. The minimum Gasteiger partial charge on any atom is -0.437 e. The fraction of sp³-hybridized carbons (Fsp3) is 0.167. The summed E-state index contributed by atoms with van der Waals surface area (Å²) < 4.78 is 5.56. The van der Waals surface area contributed by atoms with E-state index in [0.717, 1.165) is 0 Å². The minimum atomic E-state index is 0.335. The van der Waals surface area contributed by atoms with Crippen LogP contribution in [-0.2, 0) is 6.42 Å². The van der Waals surface area contributed by atoms with E-state index in [1.807, 2.05) is 6.92 Å². The number of ether oxygens (including phenoxy) is 1. The van der Waals surface area contributed by atoms with Crippen LogP contribution in [0.5, 0.6) is 11.6 Å². The van der Waals surface area contributed by atoms with Gasteiger partial charge in [0.05, 0.1) is 5.02 Å². The molecular formula is C12H9Cl3N2O. The molecule has 0 saturated heterocycles. The van der Waals surface area contributed by atoms with Crippen LogP contribution in [0.3, 0.4) is 0 Å². The lowest BCUT2D eigenvalue weighted by atomic mass is 10.3. The van der Waals surface area contributed by atoms with Gasteiger partial charge in [0.25, 0.3) is 0 Å². The van der Waals surface area contributed by atoms with E-state index in [9.17, 15) is 0 Å². The van der Waals surface area contributed by atoms with Gasteiger partial charge >= 0.3 is 0 Å². The molecule has 0 N–H and O–H groups in total. The average Bonchev–Trinajstić information content (AvgIpc) is 2.32. The lowest BCUT2D eigenvalue weighted by molar-refractivity contribution is 0.459. The summed E-state index contributed by atoms with van der Waals surface area (Å²) in [5.74, 6) is 1.44. The monoisotopic (exact) mass is 302 g/mol. The molecule has 0 radical (unpaired) electrons. The topological polar surface area (TPSA) is 35.0 Å². The van der Waals surface area contributed by atoms with Gasteiger partial charge in [-0.2, -0.15) is 4.98 Å². The van der Waals surface area contributed by atoms with Gasteiger partial charge in [0.1, 0.15) is 16.7 Å². The highest BCUT2D eigenvalue weighted by molar-refractivity contribution is 6.35. The van der Waals surface area contributed by atoms with E-state index in [4.69, 9.17) is 39.5 Å². The zero-order valence-corrected chi connectivity index (χ0v) is 11.7. The Bertz CT molecular complexity index is 575. The smallest absolute Gasteiger partial charge is 0.224 e. The number of rotatable bonds is 3. The normalized spacial score (nSPS) is 10.4. The maximum Gasteiger partial charge on any atom is 0.224 e. The molecule has 1 heterocycles. The molecule has 6 heteroatoms. The summed E-state index contributed by atoms with van der Waals surface area (Å²) >= 11 is 17.7. The molecule has 18 heavy (non-hydrogen) atoms. The highest BCUT2D eigenvalue weighted by atomic mass is 35.5. The lowest BCUT2D eigenvalue weighted by Gasteiger charge is -2.08. The van der Waals surface area contributed by atoms with E-state index in [2.05, 4.69) is 9.97 Å². The maximum absolute atomic E-state index is 6.01. The van der Waals surface area contributed by atoms with Gasteiger partial charge in [-0.05, 0) is 18.2 Å². The molecule has 0 aliphatic carbocycles. The zero-order valence-electron chi connectivity index (χ0n) is 9.45. The Labute approximate surface area is 120 Å². The van der Waals surface area contributed by atoms with Crippen molar-refractivity contribution in [2.45, 2.75) is 13.3 Å². The third kappa shape index (κ3) is 3.25. The second-order valence-corrected chi connectivity index (χ2v) is 4.71. The number of hydrogen-bond donors (Lipinski definition) is 0. The number of hydrogen-bond acceptors (Lipinski definition) is 3. The Morgan fingerprint density at radius 3 is 2.56 bits per heavy atom. The first-order valence-electron chi connectivity index (χ1n) is 5.25. The largest absolute Gasteiger partial charge is 0.437 e. The van der Waals surface area contributed by atoms with E-state index in [1.165, 1.54) is 6.07 Å². The van der Waals surface area contributed by atoms with Gasteiger partial charge in [0.2, 0.25) is 5.88 Å². The third-order valence-electron chi connectivity index (χ3n) is 2.14. The number of halogens is 3. The molecule has 1 aromatic carbocycles. The van der Waals surface area contributed by atoms with Crippen LogP contribution in [0.2, 0.25) is 15.2 Å². The van der Waals surface area contributed by atoms with Gasteiger partial charge in [-0.1, -0.05) is 41.7 Å². The molecule has 0 unspecified atom stereocenters. The van der Waals surface area contributed by atoms with Gasteiger partial charge < -0.3 is 4.74 Å². The van der Waals surface area contributed by atoms with Crippen LogP contribution in [0.1, 0.15) is 12.7 Å². The standard InChI is InChI=1S/C12H9Cl3N2O/c1-2-11-16-10(15)6-12(17-11)18-9-4-3-7(13)5-8(9)14/h3-6H,2H2,1H3. The molecule has 0 saturated carbocycles. The first kappa shape index (κ1) is 13.4. The molecule has 0 fully saturated rings. The van der Waals surface area contributed by atoms with E-state index in [1.54, 1.807) is 18.2 Å². The summed E-state index contributed by atoms with van der Waals surface area (Å²) in [6.45, 7) is 1.94. The first-order valence-corrected chi connectivity index (χ1v) is 6.38. The Balaban J connectivity index is 2.30. The van der Waals surface area contributed by atoms with E-state index < -0.39 is 0 Å². The van der Waals surface area contributed by atoms with Crippen molar-refractivity contribution in [2.75, 3.05) is 0 Å². The van der Waals surface area contributed by atoms with Crippen LogP contribution in [0, 0.1) is 0 Å². The van der Waals surface area contributed by atoms with Gasteiger partial charge in [-0.25, -0.2) is 4.98 Å². The van der Waals surface area contributed by atoms with E-state index in [0.29, 0.717) is 39.1 Å². The Kier molecular flexibility index (Phi) is 4.27. The fourth-order valence-corrected chi connectivity index (χ4v) is 1.96. The van der Waals surface area contributed by atoms with Crippen LogP contribution in [0.25, 0.3) is 0 Å². The molecule has 0 bridgehead atoms. The summed E-state index contributed by atoms with van der Waals surface area (Å²) in [5, 5.41) is 1.29. The zero-order chi connectivity index (χ0) is 13.1. The van der Waals surface area contributed by atoms with Crippen LogP contribution in [-0.4, -0.2) is 9.97 Å². The highest BCUT2D eigenvalue weighted by Gasteiger charge is 2.07. The summed E-state index contributed by atoms with van der Waals surface area (Å²) in [6, 6.07) is 6.49. The van der Waals surface area contributed by atoms with Crippen molar-refractivity contribution in [1.29, 1.82) is 0 Å². The Hall–Kier alpha value is -1.03. The number of nitrogens with zero attached hydrogens (tertiary/aromatic N) is 2. The summed E-state index contributed by atoms with van der Waals surface area (Å²) in [5.41, 5.74) is 0. The van der Waals surface area contributed by atoms with Crippen molar-refractivity contribution < 1.29 is 4.74 Å². The molecule has 0 aliphatic rings. The van der Waals surface area contributed by atoms with Crippen molar-refractivity contribution in [1.82, 2.24) is 9.97 Å². The predicted molar refractivity (Wildman–Crippen MR) is 73.0 cm³/mol. The lowest BCUT2D eigenvalue weighted by Crippen LogP contribution is -1.96. The minimum absolute atomic E-state index is 0.335. The van der Waals surface area contributed by atoms with Gasteiger partial charge in [0.15, 0.2) is 0 Å². The summed E-state index contributed by atoms with van der Waals surface area (Å²) in [6.07, 6.45) is 0.672. The van der Waals surface area contributed by atoms with Crippen LogP contribution in [0.15, 0.2) is 24.3 Å². The molecule has 0 aliphatic heterocycles. The molecule has 2 rings (SSSR count). The van der Waals surface area contributed by atoms with Crippen molar-refractivity contribution in [2.24, 2.45) is 0 Å². The third-order valence-corrected chi connectivity index (χ3v) is 2.87. The number of aromatic nitrogens is 2. The summed E-state index contributed by atoms with van der Waals surface area (Å²) in [7, 11) is 0. The van der Waals surface area contributed by atoms with Crippen molar-refractivity contribution in [3.05, 3.63) is 45.3 Å². The van der Waals surface area contributed by atoms with Crippen LogP contribution >= 0.6 is 34.8 Å². The van der Waals surface area contributed by atoms with Gasteiger partial charge in [0, 0.05) is 17.5 Å². The Morgan fingerprint density at radius 2 is 1.89 bits per heavy atom. The van der Waals surface area contributed by atoms with Crippen LogP contribution in [0.4, 0.5) is 0 Å².